The van der Waals surface area contributed by atoms with E-state index in [-0.39, 0.29) is 18.2 Å². The molecule has 1 aromatic heterocycles. The number of fused-ring (bicyclic) bond motifs is 1. The maximum atomic E-state index is 13.0. The Balaban J connectivity index is 1.48. The number of rotatable bonds is 3. The first-order chi connectivity index (χ1) is 12.3. The number of pyridine rings is 1. The highest BCUT2D eigenvalue weighted by molar-refractivity contribution is 5.75. The molecule has 0 saturated carbocycles. The Morgan fingerprint density at radius 2 is 1.96 bits per heavy atom. The second kappa shape index (κ2) is 7.30. The van der Waals surface area contributed by atoms with Crippen molar-refractivity contribution in [3.05, 3.63) is 30.1 Å². The number of carbonyl (C=O) groups excluding carboxylic acids is 1. The summed E-state index contributed by atoms with van der Waals surface area (Å²) in [7, 11) is 1.81. The fraction of sp³-hybridized carbons (Fsp3) is 0.684. The highest BCUT2D eigenvalue weighted by atomic mass is 16.5. The van der Waals surface area contributed by atoms with Gasteiger partial charge in [0.15, 0.2) is 0 Å². The van der Waals surface area contributed by atoms with Gasteiger partial charge in [0.05, 0.1) is 12.1 Å². The SMILES string of the molecule is CO[C@@H]1CCN(C(=O)N2CCCC2)[C@H]2CN(Cc3ccncc3)C[C@@H]12. The minimum absolute atomic E-state index is 0.243. The molecule has 4 rings (SSSR count). The molecule has 25 heavy (non-hydrogen) atoms. The van der Waals surface area contributed by atoms with Crippen LogP contribution in [0.5, 0.6) is 0 Å². The van der Waals surface area contributed by atoms with Crippen molar-refractivity contribution in [1.82, 2.24) is 19.7 Å². The molecule has 6 heteroatoms. The van der Waals surface area contributed by atoms with E-state index in [1.807, 2.05) is 24.4 Å². The number of carbonyl (C=O) groups is 1. The molecule has 0 radical (unpaired) electrons. The molecule has 0 spiro atoms. The lowest BCUT2D eigenvalue weighted by molar-refractivity contribution is -0.0124. The predicted molar refractivity (Wildman–Crippen MR) is 95.1 cm³/mol. The van der Waals surface area contributed by atoms with E-state index in [4.69, 9.17) is 4.74 Å². The maximum Gasteiger partial charge on any atom is 0.320 e. The largest absolute Gasteiger partial charge is 0.381 e. The number of aromatic nitrogens is 1. The number of nitrogens with zero attached hydrogens (tertiary/aromatic N) is 4. The highest BCUT2D eigenvalue weighted by Crippen LogP contribution is 2.34. The van der Waals surface area contributed by atoms with E-state index < -0.39 is 0 Å². The van der Waals surface area contributed by atoms with E-state index in [1.54, 1.807) is 0 Å². The van der Waals surface area contributed by atoms with Crippen molar-refractivity contribution in [3.8, 4) is 0 Å². The van der Waals surface area contributed by atoms with Gasteiger partial charge in [-0.1, -0.05) is 0 Å². The lowest BCUT2D eigenvalue weighted by Crippen LogP contribution is -2.56. The van der Waals surface area contributed by atoms with Gasteiger partial charge < -0.3 is 14.5 Å². The summed E-state index contributed by atoms with van der Waals surface area (Å²) in [6, 6.07) is 4.66. The van der Waals surface area contributed by atoms with Gasteiger partial charge in [-0.25, -0.2) is 4.79 Å². The summed E-state index contributed by atoms with van der Waals surface area (Å²) in [6.45, 7) is 5.50. The normalized spacial score (nSPS) is 29.9. The summed E-state index contributed by atoms with van der Waals surface area (Å²) in [5.41, 5.74) is 1.28. The molecule has 0 aromatic carbocycles. The Kier molecular flexibility index (Phi) is 4.90. The Hall–Kier alpha value is -1.66. The first kappa shape index (κ1) is 16.8. The molecule has 0 unspecified atom stereocenters. The van der Waals surface area contributed by atoms with Crippen LogP contribution in [0, 0.1) is 5.92 Å². The lowest BCUT2D eigenvalue weighted by atomic mass is 9.89. The smallest absolute Gasteiger partial charge is 0.320 e. The van der Waals surface area contributed by atoms with Crippen LogP contribution in [0.2, 0.25) is 0 Å². The number of amides is 2. The topological polar surface area (TPSA) is 48.9 Å². The third kappa shape index (κ3) is 3.37. The zero-order valence-corrected chi connectivity index (χ0v) is 15.0. The van der Waals surface area contributed by atoms with Crippen LogP contribution in [0.3, 0.4) is 0 Å². The average Bonchev–Trinajstić information content (AvgIpc) is 3.31. The molecule has 3 saturated heterocycles. The van der Waals surface area contributed by atoms with Gasteiger partial charge >= 0.3 is 6.03 Å². The molecule has 0 N–H and O–H groups in total. The minimum Gasteiger partial charge on any atom is -0.381 e. The Labute approximate surface area is 149 Å². The van der Waals surface area contributed by atoms with Crippen LogP contribution in [0.4, 0.5) is 4.79 Å². The fourth-order valence-corrected chi connectivity index (χ4v) is 4.73. The van der Waals surface area contributed by atoms with Crippen LogP contribution in [0.15, 0.2) is 24.5 Å². The van der Waals surface area contributed by atoms with Crippen molar-refractivity contribution in [2.75, 3.05) is 39.8 Å². The van der Waals surface area contributed by atoms with Crippen molar-refractivity contribution in [2.24, 2.45) is 5.92 Å². The molecule has 0 aliphatic carbocycles. The summed E-state index contributed by atoms with van der Waals surface area (Å²) in [4.78, 5) is 23.7. The van der Waals surface area contributed by atoms with Crippen LogP contribution in [0.25, 0.3) is 0 Å². The molecule has 136 valence electrons. The van der Waals surface area contributed by atoms with Gasteiger partial charge in [-0.05, 0) is 37.0 Å². The highest BCUT2D eigenvalue weighted by Gasteiger charge is 2.46. The zero-order chi connectivity index (χ0) is 17.2. The van der Waals surface area contributed by atoms with Gasteiger partial charge in [-0.2, -0.15) is 0 Å². The van der Waals surface area contributed by atoms with Gasteiger partial charge in [0.2, 0.25) is 0 Å². The number of likely N-dealkylation sites (tertiary alicyclic amines) is 3. The van der Waals surface area contributed by atoms with E-state index in [2.05, 4.69) is 26.9 Å². The minimum atomic E-state index is 0.243. The lowest BCUT2D eigenvalue weighted by Gasteiger charge is -2.42. The molecule has 2 amide bonds. The number of hydrogen-bond donors (Lipinski definition) is 0. The van der Waals surface area contributed by atoms with E-state index in [0.29, 0.717) is 5.92 Å². The molecular formula is C19H28N4O2. The molecular weight excluding hydrogens is 316 g/mol. The van der Waals surface area contributed by atoms with Crippen molar-refractivity contribution < 1.29 is 9.53 Å². The van der Waals surface area contributed by atoms with Crippen molar-refractivity contribution >= 4 is 6.03 Å². The predicted octanol–water partition coefficient (Wildman–Crippen LogP) is 1.82. The van der Waals surface area contributed by atoms with Crippen LogP contribution < -0.4 is 0 Å². The van der Waals surface area contributed by atoms with E-state index in [0.717, 1.165) is 58.5 Å². The Morgan fingerprint density at radius 3 is 2.68 bits per heavy atom. The molecule has 3 atom stereocenters. The zero-order valence-electron chi connectivity index (χ0n) is 15.0. The van der Waals surface area contributed by atoms with Crippen molar-refractivity contribution in [3.63, 3.8) is 0 Å². The van der Waals surface area contributed by atoms with Crippen molar-refractivity contribution in [1.29, 1.82) is 0 Å². The summed E-state index contributed by atoms with van der Waals surface area (Å²) in [6.07, 6.45) is 7.18. The molecule has 3 aliphatic rings. The summed E-state index contributed by atoms with van der Waals surface area (Å²) < 4.78 is 5.77. The molecule has 0 bridgehead atoms. The first-order valence-electron chi connectivity index (χ1n) is 9.46. The van der Waals surface area contributed by atoms with E-state index in [9.17, 15) is 4.79 Å². The van der Waals surface area contributed by atoms with Gasteiger partial charge in [0.1, 0.15) is 0 Å². The summed E-state index contributed by atoms with van der Waals surface area (Å²) >= 11 is 0. The maximum absolute atomic E-state index is 13.0. The van der Waals surface area contributed by atoms with Crippen LogP contribution in [0.1, 0.15) is 24.8 Å². The van der Waals surface area contributed by atoms with Gasteiger partial charge in [-0.15, -0.1) is 0 Å². The fourth-order valence-electron chi connectivity index (χ4n) is 4.73. The van der Waals surface area contributed by atoms with Gasteiger partial charge in [0.25, 0.3) is 0 Å². The van der Waals surface area contributed by atoms with Crippen LogP contribution >= 0.6 is 0 Å². The number of methoxy groups -OCH3 is 1. The third-order valence-electron chi connectivity index (χ3n) is 6.02. The van der Waals surface area contributed by atoms with Crippen molar-refractivity contribution in [2.45, 2.75) is 38.0 Å². The summed E-state index contributed by atoms with van der Waals surface area (Å²) in [5.74, 6) is 0.409. The standard InChI is InChI=1S/C19H28N4O2/c1-25-18-6-11-23(19(24)22-9-2-3-10-22)17-14-21(13-16(17)18)12-15-4-7-20-8-5-15/h4-5,7-8,16-18H,2-3,6,9-14H2,1H3/t16-,17+,18-/m1/s1. The quantitative estimate of drug-likeness (QED) is 0.839. The van der Waals surface area contributed by atoms with Crippen LogP contribution in [-0.2, 0) is 11.3 Å². The molecule has 4 heterocycles. The molecule has 3 fully saturated rings. The van der Waals surface area contributed by atoms with Gasteiger partial charge in [-0.3, -0.25) is 9.88 Å². The van der Waals surface area contributed by atoms with E-state index >= 15 is 0 Å². The number of piperidine rings is 1. The van der Waals surface area contributed by atoms with E-state index in [1.165, 1.54) is 5.56 Å². The Bertz CT molecular complexity index is 590. The monoisotopic (exact) mass is 344 g/mol. The molecule has 3 aliphatic heterocycles. The molecule has 6 nitrogen and oxygen atoms in total. The molecule has 1 aromatic rings. The first-order valence-corrected chi connectivity index (χ1v) is 9.46. The van der Waals surface area contributed by atoms with Gasteiger partial charge in [0, 0.05) is 64.7 Å². The number of hydrogen-bond acceptors (Lipinski definition) is 4. The number of ether oxygens (including phenoxy) is 1. The third-order valence-corrected chi connectivity index (χ3v) is 6.02. The summed E-state index contributed by atoms with van der Waals surface area (Å²) in [5, 5.41) is 0. The number of urea groups is 1. The second-order valence-corrected chi connectivity index (χ2v) is 7.51. The Morgan fingerprint density at radius 1 is 1.20 bits per heavy atom. The average molecular weight is 344 g/mol. The second-order valence-electron chi connectivity index (χ2n) is 7.51. The van der Waals surface area contributed by atoms with Crippen LogP contribution in [-0.4, -0.2) is 77.7 Å².